The summed E-state index contributed by atoms with van der Waals surface area (Å²) in [6, 6.07) is 7.94. The zero-order valence-corrected chi connectivity index (χ0v) is 12.8. The number of carbonyl (C=O) groups excluding carboxylic acids is 1. The molecule has 4 nitrogen and oxygen atoms in total. The highest BCUT2D eigenvalue weighted by Crippen LogP contribution is 2.18. The highest BCUT2D eigenvalue weighted by molar-refractivity contribution is 9.10. The van der Waals surface area contributed by atoms with Crippen LogP contribution < -0.4 is 5.32 Å². The average Bonchev–Trinajstić information content (AvgIpc) is 2.38. The molecule has 0 aromatic heterocycles. The van der Waals surface area contributed by atoms with Gasteiger partial charge in [-0.2, -0.15) is 0 Å². The Morgan fingerprint density at radius 3 is 3.05 bits per heavy atom. The molecule has 1 saturated heterocycles. The summed E-state index contributed by atoms with van der Waals surface area (Å²) in [4.78, 5) is 14.0. The van der Waals surface area contributed by atoms with Crippen molar-refractivity contribution in [2.24, 2.45) is 0 Å². The minimum absolute atomic E-state index is 0.0110. The monoisotopic (exact) mass is 326 g/mol. The quantitative estimate of drug-likeness (QED) is 0.907. The summed E-state index contributed by atoms with van der Waals surface area (Å²) in [5.74, 6) is 0. The van der Waals surface area contributed by atoms with Crippen molar-refractivity contribution in [2.45, 2.75) is 26.0 Å². The Morgan fingerprint density at radius 1 is 1.58 bits per heavy atom. The number of urea groups is 1. The summed E-state index contributed by atoms with van der Waals surface area (Å²) < 4.78 is 6.46. The molecule has 1 fully saturated rings. The maximum atomic E-state index is 12.2. The number of benzene rings is 1. The molecule has 19 heavy (non-hydrogen) atoms. The lowest BCUT2D eigenvalue weighted by Crippen LogP contribution is -2.49. The largest absolute Gasteiger partial charge is 0.375 e. The van der Waals surface area contributed by atoms with E-state index in [4.69, 9.17) is 4.74 Å². The molecule has 104 valence electrons. The predicted octanol–water partition coefficient (Wildman–Crippen LogP) is 2.94. The van der Waals surface area contributed by atoms with E-state index in [0.29, 0.717) is 19.7 Å². The van der Waals surface area contributed by atoms with Crippen molar-refractivity contribution < 1.29 is 9.53 Å². The van der Waals surface area contributed by atoms with Gasteiger partial charge in [-0.25, -0.2) is 4.79 Å². The van der Waals surface area contributed by atoms with Gasteiger partial charge in [0.15, 0.2) is 0 Å². The first-order chi connectivity index (χ1) is 9.06. The Bertz CT molecular complexity index is 453. The number of morpholine rings is 1. The second-order valence-electron chi connectivity index (χ2n) is 4.85. The first kappa shape index (κ1) is 14.3. The third-order valence-electron chi connectivity index (χ3n) is 3.22. The van der Waals surface area contributed by atoms with Crippen molar-refractivity contribution in [2.75, 3.05) is 19.7 Å². The van der Waals surface area contributed by atoms with Gasteiger partial charge < -0.3 is 15.0 Å². The summed E-state index contributed by atoms with van der Waals surface area (Å²) in [5.41, 5.74) is 1.09. The molecule has 0 bridgehead atoms. The maximum absolute atomic E-state index is 12.2. The normalized spacial score (nSPS) is 21.0. The van der Waals surface area contributed by atoms with Crippen molar-refractivity contribution in [3.05, 3.63) is 34.3 Å². The molecular weight excluding hydrogens is 308 g/mol. The van der Waals surface area contributed by atoms with Crippen molar-refractivity contribution in [1.82, 2.24) is 10.2 Å². The van der Waals surface area contributed by atoms with Gasteiger partial charge in [-0.15, -0.1) is 0 Å². The van der Waals surface area contributed by atoms with Crippen LogP contribution in [0.15, 0.2) is 28.7 Å². The molecule has 0 aliphatic carbocycles. The van der Waals surface area contributed by atoms with Crippen LogP contribution >= 0.6 is 15.9 Å². The maximum Gasteiger partial charge on any atom is 0.318 e. The molecule has 0 radical (unpaired) electrons. The van der Waals surface area contributed by atoms with Crippen LogP contribution in [0, 0.1) is 0 Å². The summed E-state index contributed by atoms with van der Waals surface area (Å²) in [5, 5.41) is 3.02. The van der Waals surface area contributed by atoms with E-state index in [1.807, 2.05) is 43.0 Å². The number of carbonyl (C=O) groups is 1. The Hall–Kier alpha value is -1.07. The third-order valence-corrected chi connectivity index (χ3v) is 3.71. The fraction of sp³-hybridized carbons (Fsp3) is 0.500. The van der Waals surface area contributed by atoms with E-state index in [2.05, 4.69) is 21.2 Å². The second kappa shape index (κ2) is 6.39. The molecule has 1 aliphatic heterocycles. The molecule has 1 aromatic carbocycles. The molecule has 2 atom stereocenters. The van der Waals surface area contributed by atoms with E-state index >= 15 is 0 Å². The number of hydrogen-bond donors (Lipinski definition) is 1. The molecule has 2 amide bonds. The van der Waals surface area contributed by atoms with E-state index in [9.17, 15) is 4.79 Å². The van der Waals surface area contributed by atoms with Gasteiger partial charge in [0.25, 0.3) is 0 Å². The van der Waals surface area contributed by atoms with E-state index in [0.717, 1.165) is 10.0 Å². The van der Waals surface area contributed by atoms with Crippen LogP contribution in [0.3, 0.4) is 0 Å². The Morgan fingerprint density at radius 2 is 2.37 bits per heavy atom. The van der Waals surface area contributed by atoms with Gasteiger partial charge >= 0.3 is 6.03 Å². The van der Waals surface area contributed by atoms with Crippen LogP contribution in [-0.4, -0.2) is 36.7 Å². The number of rotatable bonds is 2. The van der Waals surface area contributed by atoms with Gasteiger partial charge in [0.1, 0.15) is 0 Å². The van der Waals surface area contributed by atoms with Gasteiger partial charge in [-0.3, -0.25) is 0 Å². The average molecular weight is 327 g/mol. The van der Waals surface area contributed by atoms with E-state index in [-0.39, 0.29) is 18.2 Å². The second-order valence-corrected chi connectivity index (χ2v) is 5.77. The van der Waals surface area contributed by atoms with Crippen molar-refractivity contribution in [1.29, 1.82) is 0 Å². The van der Waals surface area contributed by atoms with E-state index < -0.39 is 0 Å². The van der Waals surface area contributed by atoms with Gasteiger partial charge in [0, 0.05) is 17.6 Å². The van der Waals surface area contributed by atoms with Gasteiger partial charge in [-0.05, 0) is 31.5 Å². The molecule has 2 rings (SSSR count). The minimum atomic E-state index is -0.0253. The van der Waals surface area contributed by atoms with Gasteiger partial charge in [0.05, 0.1) is 18.8 Å². The molecular formula is C14H19BrN2O2. The molecule has 5 heteroatoms. The van der Waals surface area contributed by atoms with Crippen LogP contribution in [-0.2, 0) is 4.74 Å². The van der Waals surface area contributed by atoms with Gasteiger partial charge in [-0.1, -0.05) is 28.1 Å². The topological polar surface area (TPSA) is 41.6 Å². The molecule has 2 unspecified atom stereocenters. The molecule has 1 aromatic rings. The lowest BCUT2D eigenvalue weighted by molar-refractivity contribution is -0.00380. The van der Waals surface area contributed by atoms with Crippen molar-refractivity contribution in [3.63, 3.8) is 0 Å². The Kier molecular flexibility index (Phi) is 4.82. The fourth-order valence-corrected chi connectivity index (χ4v) is 2.56. The predicted molar refractivity (Wildman–Crippen MR) is 78.1 cm³/mol. The van der Waals surface area contributed by atoms with E-state index in [1.165, 1.54) is 0 Å². The van der Waals surface area contributed by atoms with Crippen LogP contribution in [0.25, 0.3) is 0 Å². The number of nitrogens with zero attached hydrogens (tertiary/aromatic N) is 1. The summed E-state index contributed by atoms with van der Waals surface area (Å²) in [6.07, 6.45) is 0.112. The summed E-state index contributed by atoms with van der Waals surface area (Å²) in [7, 11) is 0. The highest BCUT2D eigenvalue weighted by atomic mass is 79.9. The SMILES string of the molecule is CC1CN(C(=O)NC(C)c2cccc(Br)c2)CCO1. The lowest BCUT2D eigenvalue weighted by Gasteiger charge is -2.32. The lowest BCUT2D eigenvalue weighted by atomic mass is 10.1. The Balaban J connectivity index is 1.94. The zero-order valence-electron chi connectivity index (χ0n) is 11.2. The first-order valence-corrected chi connectivity index (χ1v) is 7.28. The zero-order chi connectivity index (χ0) is 13.8. The third kappa shape index (κ3) is 3.94. The summed E-state index contributed by atoms with van der Waals surface area (Å²) >= 11 is 3.44. The van der Waals surface area contributed by atoms with Crippen molar-refractivity contribution >= 4 is 22.0 Å². The number of nitrogens with one attached hydrogen (secondary N) is 1. The molecule has 0 saturated carbocycles. The smallest absolute Gasteiger partial charge is 0.318 e. The van der Waals surface area contributed by atoms with Crippen LogP contribution in [0.2, 0.25) is 0 Å². The van der Waals surface area contributed by atoms with Gasteiger partial charge in [0.2, 0.25) is 0 Å². The molecule has 1 aliphatic rings. The Labute approximate surface area is 122 Å². The van der Waals surface area contributed by atoms with Crippen LogP contribution in [0.5, 0.6) is 0 Å². The van der Waals surface area contributed by atoms with Crippen LogP contribution in [0.4, 0.5) is 4.79 Å². The molecule has 1 heterocycles. The number of hydrogen-bond acceptors (Lipinski definition) is 2. The standard InChI is InChI=1S/C14H19BrN2O2/c1-10-9-17(6-7-19-10)14(18)16-11(2)12-4-3-5-13(15)8-12/h3-5,8,10-11H,6-7,9H2,1-2H3,(H,16,18). The first-order valence-electron chi connectivity index (χ1n) is 6.49. The van der Waals surface area contributed by atoms with Crippen molar-refractivity contribution in [3.8, 4) is 0 Å². The number of halogens is 1. The molecule has 1 N–H and O–H groups in total. The number of amides is 2. The summed E-state index contributed by atoms with van der Waals surface area (Å²) in [6.45, 7) is 5.89. The number of ether oxygens (including phenoxy) is 1. The minimum Gasteiger partial charge on any atom is -0.375 e. The fourth-order valence-electron chi connectivity index (χ4n) is 2.14. The van der Waals surface area contributed by atoms with E-state index in [1.54, 1.807) is 0 Å². The van der Waals surface area contributed by atoms with Crippen LogP contribution in [0.1, 0.15) is 25.5 Å². The molecule has 0 spiro atoms. The highest BCUT2D eigenvalue weighted by Gasteiger charge is 2.22.